The van der Waals surface area contributed by atoms with Crippen LogP contribution in [-0.4, -0.2) is 54.2 Å². The second kappa shape index (κ2) is 9.83. The van der Waals surface area contributed by atoms with Crippen LogP contribution in [0.25, 0.3) is 0 Å². The molecule has 1 aromatic heterocycles. The molecule has 11 nitrogen and oxygen atoms in total. The van der Waals surface area contributed by atoms with E-state index in [9.17, 15) is 28.1 Å². The molecule has 1 saturated heterocycles. The van der Waals surface area contributed by atoms with E-state index < -0.39 is 39.3 Å². The van der Waals surface area contributed by atoms with Crippen LogP contribution in [0, 0.1) is 23.0 Å². The van der Waals surface area contributed by atoms with Crippen molar-refractivity contribution < 1.29 is 27.7 Å². The van der Waals surface area contributed by atoms with Crippen LogP contribution in [-0.2, 0) is 24.3 Å². The van der Waals surface area contributed by atoms with Crippen molar-refractivity contribution in [3.05, 3.63) is 58.4 Å². The number of sulfonamides is 1. The van der Waals surface area contributed by atoms with Crippen molar-refractivity contribution in [3.63, 3.8) is 0 Å². The normalized spacial score (nSPS) is 15.2. The van der Waals surface area contributed by atoms with E-state index in [0.29, 0.717) is 5.56 Å². The van der Waals surface area contributed by atoms with E-state index >= 15 is 0 Å². The lowest BCUT2D eigenvalue weighted by Gasteiger charge is -2.29. The summed E-state index contributed by atoms with van der Waals surface area (Å²) in [6.07, 6.45) is 3.26. The third kappa shape index (κ3) is 5.45. The highest BCUT2D eigenvalue weighted by molar-refractivity contribution is 7.89. The van der Waals surface area contributed by atoms with Crippen molar-refractivity contribution in [2.45, 2.75) is 24.7 Å². The van der Waals surface area contributed by atoms with Crippen LogP contribution in [0.2, 0.25) is 0 Å². The lowest BCUT2D eigenvalue weighted by molar-refractivity contribution is -0.384. The van der Waals surface area contributed by atoms with Crippen molar-refractivity contribution >= 4 is 33.3 Å². The number of nitrogens with one attached hydrogen (secondary N) is 1. The molecule has 1 amide bonds. The Morgan fingerprint density at radius 3 is 2.62 bits per heavy atom. The molecule has 12 heteroatoms. The molecule has 1 aliphatic rings. The van der Waals surface area contributed by atoms with Gasteiger partial charge in [-0.05, 0) is 43.5 Å². The maximum atomic E-state index is 12.6. The number of esters is 1. The minimum atomic E-state index is -3.69. The van der Waals surface area contributed by atoms with Gasteiger partial charge < -0.3 is 10.1 Å². The maximum absolute atomic E-state index is 12.6. The predicted molar refractivity (Wildman–Crippen MR) is 113 cm³/mol. The van der Waals surface area contributed by atoms with Gasteiger partial charge in [0.05, 0.1) is 10.8 Å². The van der Waals surface area contributed by atoms with Crippen LogP contribution in [0.4, 0.5) is 11.4 Å². The van der Waals surface area contributed by atoms with Crippen molar-refractivity contribution in [2.24, 2.45) is 5.92 Å². The quantitative estimate of drug-likeness (QED) is 0.372. The average molecular weight is 462 g/mol. The number of aromatic nitrogens is 1. The second-order valence-corrected chi connectivity index (χ2v) is 9.24. The largest absolute Gasteiger partial charge is 0.455 e. The first-order valence-corrected chi connectivity index (χ1v) is 11.2. The first kappa shape index (κ1) is 23.3. The minimum absolute atomic E-state index is 0.00978. The van der Waals surface area contributed by atoms with Crippen molar-refractivity contribution in [2.75, 3.05) is 25.0 Å². The molecule has 1 aromatic carbocycles. The first-order valence-electron chi connectivity index (χ1n) is 9.80. The van der Waals surface area contributed by atoms with Crippen LogP contribution in [0.5, 0.6) is 0 Å². The smallest absolute Gasteiger partial charge is 0.309 e. The fourth-order valence-electron chi connectivity index (χ4n) is 3.32. The SMILES string of the molecule is Cc1ccc(NC(=O)COC(=O)C2CCN(S(=O)(=O)c3cccnc3)CC2)c([N+](=O)[O-])c1. The Bertz CT molecular complexity index is 1110. The van der Waals surface area contributed by atoms with Crippen LogP contribution < -0.4 is 5.32 Å². The zero-order valence-corrected chi connectivity index (χ0v) is 18.1. The zero-order valence-electron chi connectivity index (χ0n) is 17.3. The van der Waals surface area contributed by atoms with Gasteiger partial charge in [-0.25, -0.2) is 8.42 Å². The van der Waals surface area contributed by atoms with E-state index in [1.165, 1.54) is 41.0 Å². The molecule has 1 fully saturated rings. The highest BCUT2D eigenvalue weighted by atomic mass is 32.2. The molecule has 0 bridgehead atoms. The molecule has 1 N–H and O–H groups in total. The molecule has 0 atom stereocenters. The van der Waals surface area contributed by atoms with Crippen LogP contribution >= 0.6 is 0 Å². The van der Waals surface area contributed by atoms with E-state index in [1.54, 1.807) is 13.0 Å². The number of anilines is 1. The summed E-state index contributed by atoms with van der Waals surface area (Å²) in [5, 5.41) is 13.5. The zero-order chi connectivity index (χ0) is 23.3. The van der Waals surface area contributed by atoms with Crippen LogP contribution in [0.3, 0.4) is 0 Å². The Morgan fingerprint density at radius 2 is 2.00 bits per heavy atom. The number of nitro groups is 1. The molecule has 0 unspecified atom stereocenters. The van der Waals surface area contributed by atoms with Gasteiger partial charge >= 0.3 is 5.97 Å². The number of carbonyl (C=O) groups excluding carboxylic acids is 2. The lowest BCUT2D eigenvalue weighted by Crippen LogP contribution is -2.41. The fraction of sp³-hybridized carbons (Fsp3) is 0.350. The Kier molecular flexibility index (Phi) is 7.15. The molecule has 3 rings (SSSR count). The standard InChI is InChI=1S/C20H22N4O7S/c1-14-4-5-17(18(11-14)24(27)28)22-19(25)13-31-20(26)15-6-9-23(10-7-15)32(29,30)16-3-2-8-21-12-16/h2-5,8,11-12,15H,6-7,9-10,13H2,1H3,(H,22,25). The van der Waals surface area contributed by atoms with Gasteiger partial charge in [0, 0.05) is 31.5 Å². The number of aryl methyl sites for hydroxylation is 1. The number of pyridine rings is 1. The highest BCUT2D eigenvalue weighted by Crippen LogP contribution is 2.26. The number of ether oxygens (including phenoxy) is 1. The summed E-state index contributed by atoms with van der Waals surface area (Å²) in [5.74, 6) is -1.87. The summed E-state index contributed by atoms with van der Waals surface area (Å²) in [5.41, 5.74) is 0.417. The number of hydrogen-bond acceptors (Lipinski definition) is 8. The van der Waals surface area contributed by atoms with Crippen molar-refractivity contribution in [3.8, 4) is 0 Å². The summed E-state index contributed by atoms with van der Waals surface area (Å²) in [7, 11) is -3.69. The second-order valence-electron chi connectivity index (χ2n) is 7.30. The van der Waals surface area contributed by atoms with Gasteiger partial charge in [0.2, 0.25) is 10.0 Å². The predicted octanol–water partition coefficient (Wildman–Crippen LogP) is 1.88. The molecule has 0 radical (unpaired) electrons. The Morgan fingerprint density at radius 1 is 1.28 bits per heavy atom. The minimum Gasteiger partial charge on any atom is -0.455 e. The fourth-order valence-corrected chi connectivity index (χ4v) is 4.75. The molecule has 32 heavy (non-hydrogen) atoms. The van der Waals surface area contributed by atoms with E-state index in [-0.39, 0.29) is 42.2 Å². The summed E-state index contributed by atoms with van der Waals surface area (Å²) in [6.45, 7) is 1.36. The molecule has 0 aliphatic carbocycles. The number of hydrogen-bond donors (Lipinski definition) is 1. The van der Waals surface area contributed by atoms with Crippen molar-refractivity contribution in [1.29, 1.82) is 0 Å². The van der Waals surface area contributed by atoms with Gasteiger partial charge in [-0.2, -0.15) is 4.31 Å². The molecule has 1 aliphatic heterocycles. The van der Waals surface area contributed by atoms with Gasteiger partial charge in [0.15, 0.2) is 6.61 Å². The number of rotatable bonds is 7. The third-order valence-corrected chi connectivity index (χ3v) is 6.91. The van der Waals surface area contributed by atoms with Gasteiger partial charge in [0.1, 0.15) is 10.6 Å². The Balaban J connectivity index is 1.50. The summed E-state index contributed by atoms with van der Waals surface area (Å²) >= 11 is 0. The number of nitro benzene ring substituents is 1. The van der Waals surface area contributed by atoms with E-state index in [2.05, 4.69) is 10.3 Å². The monoisotopic (exact) mass is 462 g/mol. The number of nitrogens with zero attached hydrogens (tertiary/aromatic N) is 3. The Hall–Kier alpha value is -3.38. The maximum Gasteiger partial charge on any atom is 0.309 e. The number of amides is 1. The van der Waals surface area contributed by atoms with Gasteiger partial charge in [-0.15, -0.1) is 0 Å². The first-order chi connectivity index (χ1) is 15.2. The third-order valence-electron chi connectivity index (χ3n) is 5.03. The molecule has 170 valence electrons. The van der Waals surface area contributed by atoms with E-state index in [4.69, 9.17) is 4.74 Å². The Labute approximate surface area is 184 Å². The molecule has 2 aromatic rings. The van der Waals surface area contributed by atoms with Gasteiger partial charge in [-0.3, -0.25) is 24.7 Å². The molecular weight excluding hydrogens is 440 g/mol. The van der Waals surface area contributed by atoms with Gasteiger partial charge in [0.25, 0.3) is 11.6 Å². The topological polar surface area (TPSA) is 149 Å². The van der Waals surface area contributed by atoms with E-state index in [1.807, 2.05) is 0 Å². The number of benzene rings is 1. The molecule has 0 spiro atoms. The molecule has 0 saturated carbocycles. The van der Waals surface area contributed by atoms with E-state index in [0.717, 1.165) is 0 Å². The van der Waals surface area contributed by atoms with Crippen molar-refractivity contribution in [1.82, 2.24) is 9.29 Å². The van der Waals surface area contributed by atoms with Gasteiger partial charge in [-0.1, -0.05) is 6.07 Å². The summed E-state index contributed by atoms with van der Waals surface area (Å²) < 4.78 is 31.6. The van der Waals surface area contributed by atoms with Crippen LogP contribution in [0.15, 0.2) is 47.6 Å². The molecule has 2 heterocycles. The molecular formula is C20H22N4O7S. The lowest BCUT2D eigenvalue weighted by atomic mass is 9.98. The number of piperidine rings is 1. The summed E-state index contributed by atoms with van der Waals surface area (Å²) in [4.78, 5) is 38.8. The summed E-state index contributed by atoms with van der Waals surface area (Å²) in [6, 6.07) is 7.34. The number of carbonyl (C=O) groups is 2. The van der Waals surface area contributed by atoms with Crippen LogP contribution in [0.1, 0.15) is 18.4 Å². The highest BCUT2D eigenvalue weighted by Gasteiger charge is 2.33. The average Bonchev–Trinajstić information content (AvgIpc) is 2.79.